The first kappa shape index (κ1) is 15.4. The van der Waals surface area contributed by atoms with Gasteiger partial charge in [-0.15, -0.1) is 0 Å². The Morgan fingerprint density at radius 1 is 1.17 bits per heavy atom. The van der Waals surface area contributed by atoms with Crippen LogP contribution in [0.2, 0.25) is 0 Å². The van der Waals surface area contributed by atoms with Crippen LogP contribution in [0.3, 0.4) is 0 Å². The van der Waals surface area contributed by atoms with E-state index in [1.807, 2.05) is 0 Å². The molecule has 1 amide bonds. The summed E-state index contributed by atoms with van der Waals surface area (Å²) >= 11 is 0. The number of likely N-dealkylation sites (tertiary alicyclic amines) is 1. The Hall–Kier alpha value is -1.14. The Bertz CT molecular complexity index is 521. The van der Waals surface area contributed by atoms with E-state index in [0.29, 0.717) is 24.8 Å². The Morgan fingerprint density at radius 3 is 2.48 bits per heavy atom. The molecule has 6 nitrogen and oxygen atoms in total. The van der Waals surface area contributed by atoms with Gasteiger partial charge in [-0.05, 0) is 63.2 Å². The van der Waals surface area contributed by atoms with Crippen LogP contribution in [0.5, 0.6) is 0 Å². The van der Waals surface area contributed by atoms with Crippen molar-refractivity contribution in [3.63, 3.8) is 0 Å². The molecule has 1 heterocycles. The average Bonchev–Trinajstić information content (AvgIpc) is 2.91. The number of rotatable bonds is 4. The number of hydrogen-bond donors (Lipinski definition) is 3. The molecule has 0 radical (unpaired) electrons. The summed E-state index contributed by atoms with van der Waals surface area (Å²) in [5.74, 6) is 0.127. The zero-order valence-electron chi connectivity index (χ0n) is 13.5. The first-order valence-corrected chi connectivity index (χ1v) is 8.88. The molecule has 4 saturated carbocycles. The van der Waals surface area contributed by atoms with Gasteiger partial charge in [0.1, 0.15) is 6.04 Å². The molecule has 0 aromatic heterocycles. The molecular formula is C17H26N2O4. The number of carboxylic acids is 1. The minimum absolute atomic E-state index is 0.113. The third-order valence-corrected chi connectivity index (χ3v) is 6.50. The number of nitrogens with zero attached hydrogens (tertiary/aromatic N) is 1. The maximum absolute atomic E-state index is 12.5. The number of hydrogen-bond acceptors (Lipinski definition) is 4. The SMILES string of the molecule is O=C(O)[C@@H]1CCCN1C(=O)CNC12C[C@@H]3C[C@@H](CC(O)(C3)C1)C2. The van der Waals surface area contributed by atoms with Crippen molar-refractivity contribution in [2.24, 2.45) is 11.8 Å². The fraction of sp³-hybridized carbons (Fsp3) is 0.882. The molecule has 0 aromatic rings. The van der Waals surface area contributed by atoms with Crippen LogP contribution in [0.15, 0.2) is 0 Å². The monoisotopic (exact) mass is 322 g/mol. The fourth-order valence-corrected chi connectivity index (χ4v) is 6.11. The molecule has 23 heavy (non-hydrogen) atoms. The van der Waals surface area contributed by atoms with E-state index in [0.717, 1.165) is 38.5 Å². The molecule has 5 fully saturated rings. The Labute approximate surface area is 136 Å². The second kappa shape index (κ2) is 5.18. The maximum atomic E-state index is 12.5. The summed E-state index contributed by atoms with van der Waals surface area (Å²) < 4.78 is 0. The molecule has 1 aliphatic heterocycles. The summed E-state index contributed by atoms with van der Waals surface area (Å²) in [4.78, 5) is 25.2. The quantitative estimate of drug-likeness (QED) is 0.710. The predicted octanol–water partition coefficient (Wildman–Crippen LogP) is 0.735. The van der Waals surface area contributed by atoms with Crippen molar-refractivity contribution in [1.29, 1.82) is 0 Å². The van der Waals surface area contributed by atoms with Crippen LogP contribution in [-0.2, 0) is 9.59 Å². The second-order valence-electron chi connectivity index (χ2n) is 8.40. The summed E-state index contributed by atoms with van der Waals surface area (Å²) in [6.07, 6.45) is 7.18. The molecule has 5 aliphatic rings. The van der Waals surface area contributed by atoms with Gasteiger partial charge in [0, 0.05) is 12.1 Å². The highest BCUT2D eigenvalue weighted by molar-refractivity contribution is 5.85. The van der Waals surface area contributed by atoms with Crippen molar-refractivity contribution in [2.45, 2.75) is 68.5 Å². The molecule has 1 saturated heterocycles. The molecule has 6 heteroatoms. The van der Waals surface area contributed by atoms with Crippen molar-refractivity contribution < 1.29 is 19.8 Å². The van der Waals surface area contributed by atoms with Gasteiger partial charge in [-0.2, -0.15) is 0 Å². The van der Waals surface area contributed by atoms with E-state index in [9.17, 15) is 19.8 Å². The van der Waals surface area contributed by atoms with E-state index in [-0.39, 0.29) is 18.0 Å². The first-order valence-electron chi connectivity index (χ1n) is 8.88. The molecule has 5 rings (SSSR count). The van der Waals surface area contributed by atoms with E-state index in [1.165, 1.54) is 11.3 Å². The number of carboxylic acid groups (broad SMARTS) is 1. The third-order valence-electron chi connectivity index (χ3n) is 6.50. The predicted molar refractivity (Wildman–Crippen MR) is 82.7 cm³/mol. The number of aliphatic hydroxyl groups is 1. The number of amides is 1. The summed E-state index contributed by atoms with van der Waals surface area (Å²) in [6, 6.07) is -0.662. The van der Waals surface area contributed by atoms with E-state index >= 15 is 0 Å². The van der Waals surface area contributed by atoms with Crippen molar-refractivity contribution in [3.8, 4) is 0 Å². The Morgan fingerprint density at radius 2 is 1.87 bits per heavy atom. The van der Waals surface area contributed by atoms with Crippen LogP contribution < -0.4 is 5.32 Å². The van der Waals surface area contributed by atoms with Crippen LogP contribution in [0.1, 0.15) is 51.4 Å². The number of carbonyl (C=O) groups excluding carboxylic acids is 1. The van der Waals surface area contributed by atoms with Gasteiger partial charge in [0.05, 0.1) is 12.1 Å². The lowest BCUT2D eigenvalue weighted by Gasteiger charge is -2.60. The summed E-state index contributed by atoms with van der Waals surface area (Å²) in [5.41, 5.74) is -0.662. The molecule has 2 unspecified atom stereocenters. The van der Waals surface area contributed by atoms with Crippen molar-refractivity contribution >= 4 is 11.9 Å². The lowest BCUT2D eigenvalue weighted by molar-refractivity contribution is -0.151. The highest BCUT2D eigenvalue weighted by Gasteiger charge is 2.57. The van der Waals surface area contributed by atoms with Gasteiger partial charge in [0.15, 0.2) is 0 Å². The standard InChI is InChI=1S/C17H26N2O4/c20-14(19-3-1-2-13(19)15(21)22)9-18-16-5-11-4-12(6-16)8-17(23,7-11)10-16/h11-13,18,23H,1-10H2,(H,21,22)/t11-,12+,13-,16?,17?/m0/s1. The zero-order valence-corrected chi connectivity index (χ0v) is 13.5. The van der Waals surface area contributed by atoms with Gasteiger partial charge in [-0.25, -0.2) is 4.79 Å². The van der Waals surface area contributed by atoms with E-state index in [1.54, 1.807) is 0 Å². The van der Waals surface area contributed by atoms with Gasteiger partial charge in [-0.3, -0.25) is 4.79 Å². The number of carbonyl (C=O) groups is 2. The van der Waals surface area contributed by atoms with Gasteiger partial charge < -0.3 is 20.4 Å². The fourth-order valence-electron chi connectivity index (χ4n) is 6.11. The van der Waals surface area contributed by atoms with E-state index in [4.69, 9.17) is 0 Å². The maximum Gasteiger partial charge on any atom is 0.326 e. The summed E-state index contributed by atoms with van der Waals surface area (Å²) in [7, 11) is 0. The van der Waals surface area contributed by atoms with Crippen LogP contribution in [0.25, 0.3) is 0 Å². The third kappa shape index (κ3) is 2.66. The van der Waals surface area contributed by atoms with Crippen molar-refractivity contribution in [2.75, 3.05) is 13.1 Å². The Kier molecular flexibility index (Phi) is 3.47. The Balaban J connectivity index is 1.41. The molecule has 128 valence electrons. The highest BCUT2D eigenvalue weighted by Crippen LogP contribution is 2.57. The van der Waals surface area contributed by atoms with Gasteiger partial charge >= 0.3 is 5.97 Å². The van der Waals surface area contributed by atoms with Gasteiger partial charge in [-0.1, -0.05) is 0 Å². The van der Waals surface area contributed by atoms with Crippen LogP contribution >= 0.6 is 0 Å². The largest absolute Gasteiger partial charge is 0.480 e. The van der Waals surface area contributed by atoms with E-state index < -0.39 is 17.6 Å². The minimum Gasteiger partial charge on any atom is -0.480 e. The lowest BCUT2D eigenvalue weighted by atomic mass is 9.51. The van der Waals surface area contributed by atoms with Crippen molar-refractivity contribution in [3.05, 3.63) is 0 Å². The highest BCUT2D eigenvalue weighted by atomic mass is 16.4. The molecule has 4 aliphatic carbocycles. The molecular weight excluding hydrogens is 296 g/mol. The normalized spacial score (nSPS) is 44.7. The lowest BCUT2D eigenvalue weighted by Crippen LogP contribution is -2.65. The van der Waals surface area contributed by atoms with E-state index in [2.05, 4.69) is 5.32 Å². The molecule has 5 atom stereocenters. The first-order chi connectivity index (χ1) is 10.9. The topological polar surface area (TPSA) is 89.9 Å². The number of aliphatic carboxylic acids is 1. The minimum atomic E-state index is -0.903. The van der Waals surface area contributed by atoms with Crippen LogP contribution in [0.4, 0.5) is 0 Å². The second-order valence-corrected chi connectivity index (χ2v) is 8.40. The van der Waals surface area contributed by atoms with Gasteiger partial charge in [0.2, 0.25) is 5.91 Å². The van der Waals surface area contributed by atoms with Crippen molar-refractivity contribution in [1.82, 2.24) is 10.2 Å². The molecule has 4 bridgehead atoms. The van der Waals surface area contributed by atoms with Gasteiger partial charge in [0.25, 0.3) is 0 Å². The van der Waals surface area contributed by atoms with Crippen LogP contribution in [-0.4, -0.2) is 57.3 Å². The summed E-state index contributed by atoms with van der Waals surface area (Å²) in [5, 5.41) is 23.4. The average molecular weight is 322 g/mol. The van der Waals surface area contributed by atoms with Crippen LogP contribution in [0, 0.1) is 11.8 Å². The molecule has 0 aromatic carbocycles. The number of nitrogens with one attached hydrogen (secondary N) is 1. The smallest absolute Gasteiger partial charge is 0.326 e. The molecule has 0 spiro atoms. The molecule has 3 N–H and O–H groups in total. The summed E-state index contributed by atoms with van der Waals surface area (Å²) in [6.45, 7) is 0.735. The zero-order chi connectivity index (χ0) is 16.2.